The second-order valence-electron chi connectivity index (χ2n) is 7.73. The van der Waals surface area contributed by atoms with Crippen LogP contribution in [0.5, 0.6) is 5.88 Å². The summed E-state index contributed by atoms with van der Waals surface area (Å²) >= 11 is 12.2. The highest BCUT2D eigenvalue weighted by Crippen LogP contribution is 2.23. The Labute approximate surface area is 199 Å². The van der Waals surface area contributed by atoms with Gasteiger partial charge in [-0.3, -0.25) is 4.68 Å². The van der Waals surface area contributed by atoms with Crippen molar-refractivity contribution >= 4 is 39.4 Å². The van der Waals surface area contributed by atoms with E-state index >= 15 is 0 Å². The van der Waals surface area contributed by atoms with E-state index < -0.39 is 22.0 Å². The van der Waals surface area contributed by atoms with Crippen molar-refractivity contribution in [1.29, 1.82) is 0 Å². The van der Waals surface area contributed by atoms with Gasteiger partial charge in [0.1, 0.15) is 0 Å². The minimum absolute atomic E-state index is 0.0785. The van der Waals surface area contributed by atoms with Crippen LogP contribution >= 0.6 is 23.2 Å². The van der Waals surface area contributed by atoms with Crippen molar-refractivity contribution in [3.63, 3.8) is 0 Å². The van der Waals surface area contributed by atoms with Gasteiger partial charge in [0.2, 0.25) is 5.88 Å². The molecule has 1 heterocycles. The maximum atomic E-state index is 12.3. The van der Waals surface area contributed by atoms with Gasteiger partial charge in [-0.1, -0.05) is 56.5 Å². The van der Waals surface area contributed by atoms with Gasteiger partial charge in [-0.25, -0.2) is 4.79 Å². The molecule has 0 fully saturated rings. The van der Waals surface area contributed by atoms with Crippen LogP contribution in [0.25, 0.3) is 0 Å². The van der Waals surface area contributed by atoms with Gasteiger partial charge in [-0.05, 0) is 30.0 Å². The number of hydrogen-bond donors (Lipinski definition) is 1. The molecule has 0 saturated carbocycles. The number of rotatable bonds is 12. The van der Waals surface area contributed by atoms with Gasteiger partial charge in [0, 0.05) is 34.8 Å². The fourth-order valence-corrected chi connectivity index (χ4v) is 3.97. The molecule has 8 nitrogen and oxygen atoms in total. The van der Waals surface area contributed by atoms with E-state index in [4.69, 9.17) is 27.9 Å². The SMILES string of the molecule is CCCCOc1cc(CCS(=O)(=O)OC(=O)NCC(C)C)n(Cc2ccc(Cl)cc2Cl)n1. The first-order chi connectivity index (χ1) is 15.1. The van der Waals surface area contributed by atoms with Crippen LogP contribution < -0.4 is 10.1 Å². The normalized spacial score (nSPS) is 11.6. The molecule has 1 amide bonds. The third-order valence-electron chi connectivity index (χ3n) is 4.39. The fourth-order valence-electron chi connectivity index (χ4n) is 2.67. The van der Waals surface area contributed by atoms with Crippen LogP contribution in [0, 0.1) is 5.92 Å². The molecule has 0 atom stereocenters. The Morgan fingerprint density at radius 3 is 2.66 bits per heavy atom. The zero-order valence-corrected chi connectivity index (χ0v) is 20.8. The number of amides is 1. The summed E-state index contributed by atoms with van der Waals surface area (Å²) in [5.74, 6) is 0.174. The van der Waals surface area contributed by atoms with Crippen molar-refractivity contribution in [1.82, 2.24) is 15.1 Å². The van der Waals surface area contributed by atoms with Gasteiger partial charge in [0.15, 0.2) is 0 Å². The first kappa shape index (κ1) is 26.3. The maximum absolute atomic E-state index is 12.3. The highest BCUT2D eigenvalue weighted by molar-refractivity contribution is 7.87. The van der Waals surface area contributed by atoms with Gasteiger partial charge in [-0.15, -0.1) is 5.10 Å². The summed E-state index contributed by atoms with van der Waals surface area (Å²) < 4.78 is 36.4. The van der Waals surface area contributed by atoms with Gasteiger partial charge in [-0.2, -0.15) is 8.42 Å². The lowest BCUT2D eigenvalue weighted by Crippen LogP contribution is -2.31. The third kappa shape index (κ3) is 8.88. The molecule has 2 aromatic rings. The lowest BCUT2D eigenvalue weighted by molar-refractivity contribution is 0.201. The predicted octanol–water partition coefficient (Wildman–Crippen LogP) is 4.67. The molecule has 0 radical (unpaired) electrons. The fraction of sp³-hybridized carbons (Fsp3) is 0.524. The number of ether oxygens (including phenoxy) is 1. The largest absolute Gasteiger partial charge is 0.477 e. The number of aromatic nitrogens is 2. The van der Waals surface area contributed by atoms with Gasteiger partial charge >= 0.3 is 16.2 Å². The number of hydrogen-bond acceptors (Lipinski definition) is 6. The van der Waals surface area contributed by atoms with Crippen LogP contribution in [-0.2, 0) is 27.3 Å². The molecule has 1 aromatic carbocycles. The summed E-state index contributed by atoms with van der Waals surface area (Å²) in [6, 6.07) is 6.83. The van der Waals surface area contributed by atoms with Gasteiger partial charge in [0.25, 0.3) is 0 Å². The summed E-state index contributed by atoms with van der Waals surface area (Å²) in [6.45, 7) is 6.97. The molecule has 0 bridgehead atoms. The first-order valence-corrected chi connectivity index (χ1v) is 12.8. The van der Waals surface area contributed by atoms with E-state index in [-0.39, 0.29) is 12.3 Å². The van der Waals surface area contributed by atoms with Crippen LogP contribution in [0.4, 0.5) is 4.79 Å². The summed E-state index contributed by atoms with van der Waals surface area (Å²) in [5, 5.41) is 7.85. The Hall–Kier alpha value is -1.97. The summed E-state index contributed by atoms with van der Waals surface area (Å²) in [5.41, 5.74) is 1.38. The van der Waals surface area contributed by atoms with E-state index in [9.17, 15) is 13.2 Å². The number of benzene rings is 1. The molecule has 178 valence electrons. The number of nitrogens with zero attached hydrogens (tertiary/aromatic N) is 2. The Balaban J connectivity index is 2.12. The molecule has 0 saturated heterocycles. The number of carbonyl (C=O) groups is 1. The van der Waals surface area contributed by atoms with E-state index in [1.54, 1.807) is 28.9 Å². The minimum Gasteiger partial charge on any atom is -0.477 e. The minimum atomic E-state index is -4.08. The Bertz CT molecular complexity index is 1010. The third-order valence-corrected chi connectivity index (χ3v) is 6.09. The van der Waals surface area contributed by atoms with E-state index in [0.29, 0.717) is 41.3 Å². The van der Waals surface area contributed by atoms with Crippen molar-refractivity contribution in [2.45, 2.75) is 46.6 Å². The molecular weight excluding hydrogens is 477 g/mol. The molecule has 0 unspecified atom stereocenters. The quantitative estimate of drug-likeness (QED) is 0.332. The smallest absolute Gasteiger partial charge is 0.422 e. The van der Waals surface area contributed by atoms with Crippen molar-refractivity contribution < 1.29 is 22.1 Å². The molecular formula is C21H29Cl2N3O5S. The van der Waals surface area contributed by atoms with Crippen LogP contribution in [0.15, 0.2) is 24.3 Å². The highest BCUT2D eigenvalue weighted by Gasteiger charge is 2.20. The second kappa shape index (κ2) is 12.3. The van der Waals surface area contributed by atoms with E-state index in [1.807, 2.05) is 13.8 Å². The van der Waals surface area contributed by atoms with Crippen LogP contribution in [0.3, 0.4) is 0 Å². The van der Waals surface area contributed by atoms with E-state index in [0.717, 1.165) is 18.4 Å². The average molecular weight is 506 g/mol. The Morgan fingerprint density at radius 2 is 2.00 bits per heavy atom. The lowest BCUT2D eigenvalue weighted by atomic mass is 10.2. The molecule has 0 aliphatic heterocycles. The second-order valence-corrected chi connectivity index (χ2v) is 10.3. The lowest BCUT2D eigenvalue weighted by Gasteiger charge is -2.10. The molecule has 1 aromatic heterocycles. The monoisotopic (exact) mass is 505 g/mol. The topological polar surface area (TPSA) is 99.5 Å². The Morgan fingerprint density at radius 1 is 1.25 bits per heavy atom. The van der Waals surface area contributed by atoms with E-state index in [1.165, 1.54) is 0 Å². The molecule has 11 heteroatoms. The van der Waals surface area contributed by atoms with Crippen molar-refractivity contribution in [3.05, 3.63) is 45.6 Å². The maximum Gasteiger partial charge on any atom is 0.422 e. The molecule has 0 aliphatic carbocycles. The molecule has 1 N–H and O–H groups in total. The van der Waals surface area contributed by atoms with Crippen molar-refractivity contribution in [2.24, 2.45) is 5.92 Å². The number of aryl methyl sites for hydroxylation is 1. The van der Waals surface area contributed by atoms with Gasteiger partial charge in [0.05, 0.1) is 18.9 Å². The summed E-state index contributed by atoms with van der Waals surface area (Å²) in [6.07, 6.45) is 0.944. The van der Waals surface area contributed by atoms with Crippen LogP contribution in [-0.4, -0.2) is 43.2 Å². The number of unbranched alkanes of at least 4 members (excludes halogenated alkanes) is 1. The molecule has 0 aliphatic rings. The number of carbonyl (C=O) groups excluding carboxylic acids is 1. The number of nitrogens with one attached hydrogen (secondary N) is 1. The van der Waals surface area contributed by atoms with Crippen molar-refractivity contribution in [2.75, 3.05) is 18.9 Å². The molecule has 0 spiro atoms. The molecule has 2 rings (SSSR count). The van der Waals surface area contributed by atoms with Crippen LogP contribution in [0.2, 0.25) is 10.0 Å². The standard InChI is InChI=1S/C21H29Cl2N3O5S/c1-4-5-9-30-20-12-18(8-10-32(28,29)31-21(27)24-13-15(2)3)26(25-20)14-16-6-7-17(22)11-19(16)23/h6-7,11-12,15H,4-5,8-10,13-14H2,1-3H3,(H,24,27). The van der Waals surface area contributed by atoms with Crippen LogP contribution in [0.1, 0.15) is 44.9 Å². The average Bonchev–Trinajstić information content (AvgIpc) is 3.08. The van der Waals surface area contributed by atoms with Gasteiger partial charge < -0.3 is 14.2 Å². The van der Waals surface area contributed by atoms with E-state index in [2.05, 4.69) is 21.5 Å². The number of halogens is 2. The van der Waals surface area contributed by atoms with Crippen molar-refractivity contribution in [3.8, 4) is 5.88 Å². The highest BCUT2D eigenvalue weighted by atomic mass is 35.5. The molecule has 32 heavy (non-hydrogen) atoms. The zero-order valence-electron chi connectivity index (χ0n) is 18.4. The first-order valence-electron chi connectivity index (χ1n) is 10.4. The zero-order chi connectivity index (χ0) is 23.7. The Kier molecular flexibility index (Phi) is 10.1. The summed E-state index contributed by atoms with van der Waals surface area (Å²) in [4.78, 5) is 11.7. The summed E-state index contributed by atoms with van der Waals surface area (Å²) in [7, 11) is -4.08. The predicted molar refractivity (Wildman–Crippen MR) is 125 cm³/mol.